The molecule has 0 aromatic carbocycles. The Morgan fingerprint density at radius 3 is 2.20 bits per heavy atom. The van der Waals surface area contributed by atoms with E-state index in [2.05, 4.69) is 31.4 Å². The molecule has 0 unspecified atom stereocenters. The molecule has 1 nitrogen and oxygen atoms in total. The third-order valence-corrected chi connectivity index (χ3v) is 6.51. The predicted molar refractivity (Wildman–Crippen MR) is 50.1 cm³/mol. The molecule has 0 saturated carbocycles. The molecule has 0 aliphatic carbocycles. The van der Waals surface area contributed by atoms with Crippen LogP contribution in [0.4, 0.5) is 0 Å². The van der Waals surface area contributed by atoms with Crippen molar-refractivity contribution in [3.8, 4) is 6.07 Å². The Hall–Kier alpha value is -0.293. The minimum atomic E-state index is -2.16. The summed E-state index contributed by atoms with van der Waals surface area (Å²) in [7, 11) is -1.86. The second kappa shape index (κ2) is 2.75. The van der Waals surface area contributed by atoms with Gasteiger partial charge in [0.15, 0.2) is 0 Å². The molecule has 58 valence electrons. The molecule has 0 aliphatic heterocycles. The van der Waals surface area contributed by atoms with Crippen LogP contribution in [0.25, 0.3) is 4.51 Å². The molecule has 10 heavy (non-hydrogen) atoms. The van der Waals surface area contributed by atoms with Gasteiger partial charge >= 0.3 is 8.24 Å². The van der Waals surface area contributed by atoms with E-state index in [9.17, 15) is 0 Å². The maximum absolute atomic E-state index is 6.97. The molecule has 0 amide bonds. The summed E-state index contributed by atoms with van der Waals surface area (Å²) in [5.41, 5.74) is 0. The zero-order valence-electron chi connectivity index (χ0n) is 10.4. The SMILES string of the molecule is [2H]C([2H])([2H])C#[N+][Si](C)(C)C(C)(C)C. The highest BCUT2D eigenvalue weighted by molar-refractivity contribution is 6.83. The van der Waals surface area contributed by atoms with Gasteiger partial charge in [-0.25, -0.2) is 0 Å². The molecule has 0 aromatic heterocycles. The molecule has 0 fully saturated rings. The first-order valence-corrected chi connectivity index (χ1v) is 6.39. The van der Waals surface area contributed by atoms with E-state index in [1.165, 1.54) is 0 Å². The van der Waals surface area contributed by atoms with Crippen molar-refractivity contribution in [2.75, 3.05) is 0 Å². The summed E-state index contributed by atoms with van der Waals surface area (Å²) < 4.78 is 25.0. The Labute approximate surface area is 69.6 Å². The fraction of sp³-hybridized carbons (Fsp3) is 0.875. The van der Waals surface area contributed by atoms with Gasteiger partial charge in [-0.15, -0.1) is 0 Å². The van der Waals surface area contributed by atoms with Gasteiger partial charge in [0.25, 0.3) is 0 Å². The maximum atomic E-state index is 6.97. The Kier molecular flexibility index (Phi) is 1.48. The van der Waals surface area contributed by atoms with Crippen molar-refractivity contribution in [2.45, 2.75) is 45.8 Å². The van der Waals surface area contributed by atoms with Crippen LogP contribution in [-0.2, 0) is 0 Å². The highest BCUT2D eigenvalue weighted by Crippen LogP contribution is 2.36. The van der Waals surface area contributed by atoms with Gasteiger partial charge < -0.3 is 0 Å². The number of hydrogen-bond acceptors (Lipinski definition) is 0. The number of hydrogen-bond donors (Lipinski definition) is 0. The largest absolute Gasteiger partial charge is 0.507 e. The molecule has 0 N–H and O–H groups in total. The smallest absolute Gasteiger partial charge is 0.193 e. The van der Waals surface area contributed by atoms with E-state index in [1.54, 1.807) is 0 Å². The second-order valence-corrected chi connectivity index (χ2v) is 8.87. The van der Waals surface area contributed by atoms with Crippen molar-refractivity contribution in [2.24, 2.45) is 0 Å². The summed E-state index contributed by atoms with van der Waals surface area (Å²) in [5, 5.41) is 0.0747. The number of nitrogens with zero attached hydrogens (tertiary/aromatic N) is 1. The van der Waals surface area contributed by atoms with E-state index in [4.69, 9.17) is 4.11 Å². The molecule has 2 heteroatoms. The predicted octanol–water partition coefficient (Wildman–Crippen LogP) is 3.34. The van der Waals surface area contributed by atoms with E-state index >= 15 is 0 Å². The van der Waals surface area contributed by atoms with Gasteiger partial charge in [0.2, 0.25) is 6.07 Å². The zero-order valence-corrected chi connectivity index (χ0v) is 8.45. The van der Waals surface area contributed by atoms with Crippen LogP contribution < -0.4 is 0 Å². The highest BCUT2D eigenvalue weighted by Gasteiger charge is 2.50. The molecule has 0 atom stereocenters. The standard InChI is InChI=1S/C8H18NSi/c1-7-9-10(5,6)8(2,3)4/h1-6H3/q+1/i1D3. The fourth-order valence-corrected chi connectivity index (χ4v) is 0.922. The molecule has 0 aromatic rings. The van der Waals surface area contributed by atoms with E-state index in [0.717, 1.165) is 0 Å². The lowest BCUT2D eigenvalue weighted by molar-refractivity contribution is 0.728. The van der Waals surface area contributed by atoms with Crippen LogP contribution in [0, 0.1) is 6.07 Å². The van der Waals surface area contributed by atoms with Crippen LogP contribution in [0.5, 0.6) is 0 Å². The molecule has 0 bridgehead atoms. The van der Waals surface area contributed by atoms with Gasteiger partial charge in [-0.1, -0.05) is 20.8 Å². The van der Waals surface area contributed by atoms with Crippen molar-refractivity contribution in [1.29, 1.82) is 0 Å². The molecule has 0 radical (unpaired) electrons. The Morgan fingerprint density at radius 2 is 1.90 bits per heavy atom. The van der Waals surface area contributed by atoms with E-state index in [0.29, 0.717) is 0 Å². The number of rotatable bonds is 0. The zero-order chi connectivity index (χ0) is 10.9. The van der Waals surface area contributed by atoms with Crippen LogP contribution >= 0.6 is 0 Å². The minimum absolute atomic E-state index is 0.0747. The quantitative estimate of drug-likeness (QED) is 0.477. The average Bonchev–Trinajstić information content (AvgIpc) is 1.79. The summed E-state index contributed by atoms with van der Waals surface area (Å²) in [6, 6.07) is 2.26. The Bertz CT molecular complexity index is 239. The third-order valence-electron chi connectivity index (χ3n) is 2.17. The lowest BCUT2D eigenvalue weighted by atomic mass is 10.2. The van der Waals surface area contributed by atoms with Crippen LogP contribution in [0.15, 0.2) is 0 Å². The normalized spacial score (nSPS) is 17.9. The van der Waals surface area contributed by atoms with E-state index in [1.807, 2.05) is 13.1 Å². The monoisotopic (exact) mass is 159 g/mol. The Morgan fingerprint density at radius 1 is 1.40 bits per heavy atom. The van der Waals surface area contributed by atoms with E-state index < -0.39 is 15.1 Å². The molecule has 0 heterocycles. The van der Waals surface area contributed by atoms with Crippen LogP contribution in [0.1, 0.15) is 31.7 Å². The second-order valence-electron chi connectivity index (χ2n) is 4.03. The van der Waals surface area contributed by atoms with Gasteiger partial charge in [-0.3, -0.25) is 0 Å². The highest BCUT2D eigenvalue weighted by atomic mass is 28.3. The lowest BCUT2D eigenvalue weighted by Crippen LogP contribution is -2.33. The lowest BCUT2D eigenvalue weighted by Gasteiger charge is -2.18. The van der Waals surface area contributed by atoms with Gasteiger partial charge in [0, 0.05) is 22.2 Å². The topological polar surface area (TPSA) is 4.36 Å². The van der Waals surface area contributed by atoms with Crippen LogP contribution in [0.2, 0.25) is 18.1 Å². The first-order chi connectivity index (χ1) is 5.46. The summed E-state index contributed by atoms with van der Waals surface area (Å²) in [5.74, 6) is 0. The molecule has 0 spiro atoms. The van der Waals surface area contributed by atoms with Crippen molar-refractivity contribution < 1.29 is 4.11 Å². The summed E-state index contributed by atoms with van der Waals surface area (Å²) in [6.45, 7) is 8.20. The van der Waals surface area contributed by atoms with Crippen LogP contribution in [0.3, 0.4) is 0 Å². The summed E-state index contributed by atoms with van der Waals surface area (Å²) >= 11 is 0. The van der Waals surface area contributed by atoms with Crippen LogP contribution in [-0.4, -0.2) is 8.24 Å². The van der Waals surface area contributed by atoms with Gasteiger partial charge in [0.1, 0.15) is 0 Å². The van der Waals surface area contributed by atoms with E-state index in [-0.39, 0.29) is 5.04 Å². The Balaban J connectivity index is 4.77. The van der Waals surface area contributed by atoms with Crippen molar-refractivity contribution in [3.63, 3.8) is 0 Å². The van der Waals surface area contributed by atoms with Gasteiger partial charge in [0.05, 0.1) is 6.85 Å². The molecular formula is C8H18NSi+. The first kappa shape index (κ1) is 5.37. The third kappa shape index (κ3) is 2.15. The molecule has 0 saturated heterocycles. The average molecular weight is 159 g/mol. The van der Waals surface area contributed by atoms with Crippen molar-refractivity contribution in [3.05, 3.63) is 4.51 Å². The van der Waals surface area contributed by atoms with Gasteiger partial charge in [-0.05, 0) is 0 Å². The summed E-state index contributed by atoms with van der Waals surface area (Å²) in [6.07, 6.45) is 0. The molecule has 0 rings (SSSR count). The molecular weight excluding hydrogens is 138 g/mol. The summed E-state index contributed by atoms with van der Waals surface area (Å²) in [4.78, 5) is 0. The minimum Gasteiger partial charge on any atom is -0.193 e. The van der Waals surface area contributed by atoms with Gasteiger partial charge in [-0.2, -0.15) is 4.51 Å². The fourth-order valence-electron chi connectivity index (χ4n) is 0.307. The maximum Gasteiger partial charge on any atom is 0.507 e. The first-order valence-electron chi connectivity index (χ1n) is 4.95. The molecule has 0 aliphatic rings. The van der Waals surface area contributed by atoms with Crippen molar-refractivity contribution in [1.82, 2.24) is 0 Å². The van der Waals surface area contributed by atoms with Crippen molar-refractivity contribution >= 4 is 8.24 Å².